The van der Waals surface area contributed by atoms with Gasteiger partial charge in [0, 0.05) is 40.4 Å². The molecular weight excluding hydrogens is 430 g/mol. The summed E-state index contributed by atoms with van der Waals surface area (Å²) in [5.41, 5.74) is 9.69. The van der Waals surface area contributed by atoms with Crippen molar-refractivity contribution in [3.05, 3.63) is 102 Å². The second-order valence-electron chi connectivity index (χ2n) is 9.32. The number of benzene rings is 3. The van der Waals surface area contributed by atoms with Gasteiger partial charge in [-0.1, -0.05) is 36.4 Å². The van der Waals surface area contributed by atoms with Gasteiger partial charge >= 0.3 is 0 Å². The van der Waals surface area contributed by atoms with Gasteiger partial charge in [-0.25, -0.2) is 4.98 Å². The molecule has 0 aliphatic carbocycles. The fourth-order valence-electron chi connectivity index (χ4n) is 5.83. The Hall–Kier alpha value is -4.57. The highest BCUT2D eigenvalue weighted by atomic mass is 16.3. The minimum atomic E-state index is 0.732. The van der Waals surface area contributed by atoms with Gasteiger partial charge in [0.05, 0.1) is 28.3 Å². The van der Waals surface area contributed by atoms with E-state index in [1.165, 1.54) is 38.3 Å². The first-order chi connectivity index (χ1) is 17.3. The van der Waals surface area contributed by atoms with Crippen molar-refractivity contribution in [3.8, 4) is 11.3 Å². The second-order valence-corrected chi connectivity index (χ2v) is 9.32. The minimum absolute atomic E-state index is 0.732. The van der Waals surface area contributed by atoms with Crippen molar-refractivity contribution in [2.45, 2.75) is 13.3 Å². The third-order valence-corrected chi connectivity index (χ3v) is 7.25. The number of pyridine rings is 3. The highest BCUT2D eigenvalue weighted by molar-refractivity contribution is 6.32. The summed E-state index contributed by atoms with van der Waals surface area (Å²) in [7, 11) is 0. The number of rotatable bonds is 2. The van der Waals surface area contributed by atoms with E-state index in [-0.39, 0.29) is 0 Å². The van der Waals surface area contributed by atoms with Crippen LogP contribution in [0.5, 0.6) is 0 Å². The van der Waals surface area contributed by atoms with Crippen molar-refractivity contribution in [1.82, 2.24) is 9.97 Å². The van der Waals surface area contributed by atoms with Gasteiger partial charge in [0.2, 0.25) is 11.2 Å². The molecule has 7 aromatic rings. The average molecular weight is 451 g/mol. The van der Waals surface area contributed by atoms with Gasteiger partial charge < -0.3 is 4.42 Å². The zero-order chi connectivity index (χ0) is 23.1. The van der Waals surface area contributed by atoms with Crippen LogP contribution in [-0.2, 0) is 6.42 Å². The molecule has 35 heavy (non-hydrogen) atoms. The van der Waals surface area contributed by atoms with Gasteiger partial charge in [0.15, 0.2) is 11.9 Å². The Balaban J connectivity index is 1.48. The number of hydrogen-bond acceptors (Lipinski definition) is 3. The van der Waals surface area contributed by atoms with Crippen molar-refractivity contribution in [2.75, 3.05) is 0 Å². The van der Waals surface area contributed by atoms with E-state index in [4.69, 9.17) is 9.40 Å². The van der Waals surface area contributed by atoms with E-state index in [0.29, 0.717) is 0 Å². The predicted molar refractivity (Wildman–Crippen MR) is 140 cm³/mol. The SMILES string of the molecule is Cc1cc2c3ccc[n+]4c3c3c(ccc5oc(n1)c2c53)C/C4=C/c1ccccc1-c1ccccn1. The Morgan fingerprint density at radius 3 is 2.71 bits per heavy atom. The number of allylic oxidation sites excluding steroid dienone is 1. The highest BCUT2D eigenvalue weighted by Crippen LogP contribution is 2.44. The molecule has 0 saturated heterocycles. The molecule has 0 bridgehead atoms. The summed E-state index contributed by atoms with van der Waals surface area (Å²) in [5.74, 6) is 0. The highest BCUT2D eigenvalue weighted by Gasteiger charge is 2.31. The first-order valence-electron chi connectivity index (χ1n) is 11.9. The average Bonchev–Trinajstić information content (AvgIpc) is 3.27. The van der Waals surface area contributed by atoms with Crippen molar-refractivity contribution in [2.24, 2.45) is 0 Å². The molecule has 3 aromatic carbocycles. The lowest BCUT2D eigenvalue weighted by atomic mass is 9.90. The molecule has 0 spiro atoms. The van der Waals surface area contributed by atoms with E-state index in [1.54, 1.807) is 0 Å². The third-order valence-electron chi connectivity index (χ3n) is 7.25. The monoisotopic (exact) mass is 450 g/mol. The summed E-state index contributed by atoms with van der Waals surface area (Å²) in [6, 6.07) is 25.5. The van der Waals surface area contributed by atoms with Crippen LogP contribution in [0, 0.1) is 6.92 Å². The Morgan fingerprint density at radius 1 is 0.886 bits per heavy atom. The molecule has 5 heterocycles. The number of aryl methyl sites for hydroxylation is 1. The molecule has 4 aromatic heterocycles. The van der Waals surface area contributed by atoms with Crippen LogP contribution in [0.15, 0.2) is 89.6 Å². The summed E-state index contributed by atoms with van der Waals surface area (Å²) in [5, 5.41) is 6.05. The fourth-order valence-corrected chi connectivity index (χ4v) is 5.83. The Labute approximate surface area is 201 Å². The Kier molecular flexibility index (Phi) is 3.62. The molecule has 0 amide bonds. The molecule has 1 aliphatic heterocycles. The van der Waals surface area contributed by atoms with Crippen molar-refractivity contribution in [3.63, 3.8) is 0 Å². The first kappa shape index (κ1) is 18.8. The molecular formula is C31H20N3O+. The van der Waals surface area contributed by atoms with Crippen LogP contribution >= 0.6 is 0 Å². The Morgan fingerprint density at radius 2 is 1.80 bits per heavy atom. The molecule has 164 valence electrons. The number of fused-ring (bicyclic) bond motifs is 1. The molecule has 4 heteroatoms. The summed E-state index contributed by atoms with van der Waals surface area (Å²) in [6.45, 7) is 2.03. The smallest absolute Gasteiger partial charge is 0.228 e. The van der Waals surface area contributed by atoms with E-state index < -0.39 is 0 Å². The van der Waals surface area contributed by atoms with Crippen LogP contribution < -0.4 is 4.57 Å². The van der Waals surface area contributed by atoms with E-state index in [0.717, 1.165) is 45.6 Å². The van der Waals surface area contributed by atoms with Crippen LogP contribution in [0.3, 0.4) is 0 Å². The lowest BCUT2D eigenvalue weighted by Gasteiger charge is -2.17. The summed E-state index contributed by atoms with van der Waals surface area (Å²) in [6.07, 6.45) is 7.19. The Bertz CT molecular complexity index is 1980. The lowest BCUT2D eigenvalue weighted by Crippen LogP contribution is -2.36. The summed E-state index contributed by atoms with van der Waals surface area (Å²) < 4.78 is 8.60. The van der Waals surface area contributed by atoms with Crippen LogP contribution in [0.1, 0.15) is 16.8 Å². The van der Waals surface area contributed by atoms with E-state index >= 15 is 0 Å². The van der Waals surface area contributed by atoms with Gasteiger partial charge in [0.1, 0.15) is 5.58 Å². The summed E-state index contributed by atoms with van der Waals surface area (Å²) >= 11 is 0. The third kappa shape index (κ3) is 2.54. The number of nitrogens with zero attached hydrogens (tertiary/aromatic N) is 3. The van der Waals surface area contributed by atoms with E-state index in [2.05, 4.69) is 82.5 Å². The zero-order valence-electron chi connectivity index (χ0n) is 19.1. The second kappa shape index (κ2) is 6.73. The standard InChI is InChI=1S/C31H20N3O/c1-18-15-24-23-9-6-14-34-21(16-19-7-2-3-8-22(19)25-10-4-5-13-32-25)17-20-11-12-26-29(27(20)30(23)34)28(24)31(33-18)35-26/h2-16H,17H2,1H3/q+1/b21-16-. The minimum Gasteiger partial charge on any atom is -0.438 e. The topological polar surface area (TPSA) is 42.8 Å². The van der Waals surface area contributed by atoms with E-state index in [9.17, 15) is 0 Å². The fraction of sp³-hybridized carbons (Fsp3) is 0.0645. The molecule has 0 atom stereocenters. The van der Waals surface area contributed by atoms with Crippen molar-refractivity contribution in [1.29, 1.82) is 0 Å². The van der Waals surface area contributed by atoms with Crippen LogP contribution in [0.4, 0.5) is 0 Å². The van der Waals surface area contributed by atoms with Gasteiger partial charge in [-0.2, -0.15) is 4.57 Å². The molecule has 8 rings (SSSR count). The van der Waals surface area contributed by atoms with Crippen molar-refractivity contribution < 1.29 is 8.98 Å². The number of furan rings is 1. The summed E-state index contributed by atoms with van der Waals surface area (Å²) in [4.78, 5) is 9.32. The maximum atomic E-state index is 6.23. The maximum absolute atomic E-state index is 6.23. The lowest BCUT2D eigenvalue weighted by molar-refractivity contribution is -0.553. The van der Waals surface area contributed by atoms with Gasteiger partial charge in [-0.05, 0) is 48.4 Å². The number of aromatic nitrogens is 3. The largest absolute Gasteiger partial charge is 0.438 e. The number of hydrogen-bond donors (Lipinski definition) is 0. The first-order valence-corrected chi connectivity index (χ1v) is 11.9. The van der Waals surface area contributed by atoms with Gasteiger partial charge in [-0.15, -0.1) is 0 Å². The molecule has 0 radical (unpaired) electrons. The van der Waals surface area contributed by atoms with Crippen LogP contribution in [-0.4, -0.2) is 9.97 Å². The van der Waals surface area contributed by atoms with E-state index in [1.807, 2.05) is 25.3 Å². The van der Waals surface area contributed by atoms with Gasteiger partial charge in [0.25, 0.3) is 0 Å². The quantitative estimate of drug-likeness (QED) is 0.212. The predicted octanol–water partition coefficient (Wildman–Crippen LogP) is 6.94. The molecule has 0 fully saturated rings. The normalized spacial score (nSPS) is 14.4. The van der Waals surface area contributed by atoms with Crippen LogP contribution in [0.2, 0.25) is 0 Å². The van der Waals surface area contributed by atoms with Crippen molar-refractivity contribution >= 4 is 55.5 Å². The molecule has 0 saturated carbocycles. The van der Waals surface area contributed by atoms with Gasteiger partial charge in [-0.3, -0.25) is 4.98 Å². The molecule has 4 nitrogen and oxygen atoms in total. The molecule has 0 N–H and O–H groups in total. The molecule has 0 unspecified atom stereocenters. The zero-order valence-corrected chi connectivity index (χ0v) is 19.1. The molecule has 1 aliphatic rings. The van der Waals surface area contributed by atoms with Crippen LogP contribution in [0.25, 0.3) is 66.8 Å². The maximum Gasteiger partial charge on any atom is 0.228 e.